The molecular formula is C10H11NO4. The van der Waals surface area contributed by atoms with Crippen LogP contribution in [0, 0.1) is 0 Å². The van der Waals surface area contributed by atoms with E-state index in [2.05, 4.69) is 0 Å². The minimum absolute atomic E-state index is 0.0573. The van der Waals surface area contributed by atoms with Crippen molar-refractivity contribution in [2.45, 2.75) is 6.10 Å². The first-order valence-corrected chi connectivity index (χ1v) is 4.58. The fourth-order valence-corrected chi connectivity index (χ4v) is 1.50. The molecule has 3 N–H and O–H groups in total. The summed E-state index contributed by atoms with van der Waals surface area (Å²) in [4.78, 5) is 13.1. The molecule has 1 saturated heterocycles. The van der Waals surface area contributed by atoms with Gasteiger partial charge in [-0.15, -0.1) is 0 Å². The van der Waals surface area contributed by atoms with Crippen molar-refractivity contribution in [3.63, 3.8) is 0 Å². The molecule has 1 amide bonds. The van der Waals surface area contributed by atoms with Gasteiger partial charge < -0.3 is 20.2 Å². The van der Waals surface area contributed by atoms with Crippen LogP contribution in [0.2, 0.25) is 0 Å². The SMILES string of the molecule is O=C(c1cccc(O)c1O)N1CC(O)C1. The van der Waals surface area contributed by atoms with E-state index in [-0.39, 0.29) is 30.3 Å². The van der Waals surface area contributed by atoms with Crippen molar-refractivity contribution in [3.8, 4) is 11.5 Å². The molecule has 0 aromatic heterocycles. The molecule has 0 aliphatic carbocycles. The second-order valence-corrected chi connectivity index (χ2v) is 3.54. The van der Waals surface area contributed by atoms with Crippen LogP contribution in [0.1, 0.15) is 10.4 Å². The number of amides is 1. The van der Waals surface area contributed by atoms with E-state index in [1.54, 1.807) is 0 Å². The number of para-hydroxylation sites is 1. The van der Waals surface area contributed by atoms with Gasteiger partial charge in [0.15, 0.2) is 11.5 Å². The lowest BCUT2D eigenvalue weighted by Gasteiger charge is -2.35. The minimum Gasteiger partial charge on any atom is -0.504 e. The zero-order valence-electron chi connectivity index (χ0n) is 7.92. The van der Waals surface area contributed by atoms with E-state index in [0.717, 1.165) is 0 Å². The fraction of sp³-hybridized carbons (Fsp3) is 0.300. The fourth-order valence-electron chi connectivity index (χ4n) is 1.50. The largest absolute Gasteiger partial charge is 0.504 e. The number of nitrogens with zero attached hydrogens (tertiary/aromatic N) is 1. The molecule has 1 heterocycles. The number of aliphatic hydroxyl groups excluding tert-OH is 1. The molecule has 2 rings (SSSR count). The van der Waals surface area contributed by atoms with Gasteiger partial charge in [-0.1, -0.05) is 6.07 Å². The first-order chi connectivity index (χ1) is 7.09. The van der Waals surface area contributed by atoms with Gasteiger partial charge in [-0.05, 0) is 12.1 Å². The van der Waals surface area contributed by atoms with Gasteiger partial charge in [-0.25, -0.2) is 0 Å². The van der Waals surface area contributed by atoms with Crippen molar-refractivity contribution in [3.05, 3.63) is 23.8 Å². The van der Waals surface area contributed by atoms with Crippen LogP contribution in [0.25, 0.3) is 0 Å². The van der Waals surface area contributed by atoms with E-state index in [0.29, 0.717) is 0 Å². The quantitative estimate of drug-likeness (QED) is 0.565. The van der Waals surface area contributed by atoms with Crippen LogP contribution in [0.15, 0.2) is 18.2 Å². The number of rotatable bonds is 1. The molecule has 5 heteroatoms. The van der Waals surface area contributed by atoms with E-state index in [9.17, 15) is 15.0 Å². The number of phenols is 2. The number of likely N-dealkylation sites (tertiary alicyclic amines) is 1. The molecule has 1 aliphatic heterocycles. The summed E-state index contributed by atoms with van der Waals surface area (Å²) in [7, 11) is 0. The molecule has 1 aromatic carbocycles. The predicted molar refractivity (Wildman–Crippen MR) is 51.7 cm³/mol. The maximum Gasteiger partial charge on any atom is 0.257 e. The van der Waals surface area contributed by atoms with Gasteiger partial charge >= 0.3 is 0 Å². The normalized spacial score (nSPS) is 16.2. The molecule has 5 nitrogen and oxygen atoms in total. The molecule has 0 bridgehead atoms. The van der Waals surface area contributed by atoms with E-state index < -0.39 is 11.9 Å². The van der Waals surface area contributed by atoms with Crippen molar-refractivity contribution in [1.82, 2.24) is 4.90 Å². The highest BCUT2D eigenvalue weighted by atomic mass is 16.3. The van der Waals surface area contributed by atoms with Crippen LogP contribution in [0.3, 0.4) is 0 Å². The van der Waals surface area contributed by atoms with Crippen LogP contribution >= 0.6 is 0 Å². The molecule has 80 valence electrons. The molecule has 0 saturated carbocycles. The molecule has 15 heavy (non-hydrogen) atoms. The molecule has 0 unspecified atom stereocenters. The third-order valence-electron chi connectivity index (χ3n) is 2.39. The van der Waals surface area contributed by atoms with E-state index in [1.165, 1.54) is 23.1 Å². The number of carbonyl (C=O) groups excluding carboxylic acids is 1. The smallest absolute Gasteiger partial charge is 0.257 e. The minimum atomic E-state index is -0.478. The third-order valence-corrected chi connectivity index (χ3v) is 2.39. The van der Waals surface area contributed by atoms with Gasteiger partial charge in [0.1, 0.15) is 0 Å². The van der Waals surface area contributed by atoms with Gasteiger partial charge in [0.05, 0.1) is 11.7 Å². The molecule has 1 aromatic rings. The van der Waals surface area contributed by atoms with Crippen molar-refractivity contribution in [2.24, 2.45) is 0 Å². The number of aliphatic hydroxyl groups is 1. The van der Waals surface area contributed by atoms with E-state index >= 15 is 0 Å². The lowest BCUT2D eigenvalue weighted by molar-refractivity contribution is 0.00568. The first-order valence-electron chi connectivity index (χ1n) is 4.58. The average molecular weight is 209 g/mol. The van der Waals surface area contributed by atoms with Crippen LogP contribution < -0.4 is 0 Å². The highest BCUT2D eigenvalue weighted by molar-refractivity contribution is 5.98. The van der Waals surface area contributed by atoms with E-state index in [1.807, 2.05) is 0 Å². The number of aromatic hydroxyl groups is 2. The van der Waals surface area contributed by atoms with E-state index in [4.69, 9.17) is 5.11 Å². The number of phenolic OH excluding ortho intramolecular Hbond substituents is 2. The lowest BCUT2D eigenvalue weighted by Crippen LogP contribution is -2.53. The highest BCUT2D eigenvalue weighted by Gasteiger charge is 2.31. The molecule has 0 radical (unpaired) electrons. The summed E-state index contributed by atoms with van der Waals surface area (Å²) >= 11 is 0. The summed E-state index contributed by atoms with van der Waals surface area (Å²) in [6.45, 7) is 0.544. The molecular weight excluding hydrogens is 198 g/mol. The summed E-state index contributed by atoms with van der Waals surface area (Å²) in [6, 6.07) is 4.22. The zero-order chi connectivity index (χ0) is 11.0. The topological polar surface area (TPSA) is 81.0 Å². The Balaban J connectivity index is 2.22. The maximum atomic E-state index is 11.7. The van der Waals surface area contributed by atoms with Crippen LogP contribution in [-0.2, 0) is 0 Å². The number of hydrogen-bond donors (Lipinski definition) is 3. The van der Waals surface area contributed by atoms with Crippen molar-refractivity contribution >= 4 is 5.91 Å². The summed E-state index contributed by atoms with van der Waals surface area (Å²) in [5.41, 5.74) is 0.0573. The van der Waals surface area contributed by atoms with Gasteiger partial charge in [0, 0.05) is 13.1 Å². The summed E-state index contributed by atoms with van der Waals surface area (Å²) in [5, 5.41) is 27.7. The maximum absolute atomic E-state index is 11.7. The Hall–Kier alpha value is -1.75. The summed E-state index contributed by atoms with van der Waals surface area (Å²) in [6.07, 6.45) is -0.478. The molecule has 1 fully saturated rings. The second kappa shape index (κ2) is 3.43. The van der Waals surface area contributed by atoms with Crippen LogP contribution in [0.4, 0.5) is 0 Å². The number of carbonyl (C=O) groups is 1. The second-order valence-electron chi connectivity index (χ2n) is 3.54. The van der Waals surface area contributed by atoms with Crippen molar-refractivity contribution in [2.75, 3.05) is 13.1 Å². The number of benzene rings is 1. The van der Waals surface area contributed by atoms with Gasteiger partial charge in [-0.2, -0.15) is 0 Å². The summed E-state index contributed by atoms with van der Waals surface area (Å²) < 4.78 is 0. The lowest BCUT2D eigenvalue weighted by atomic mass is 10.1. The highest BCUT2D eigenvalue weighted by Crippen LogP contribution is 2.29. The monoisotopic (exact) mass is 209 g/mol. The standard InChI is InChI=1S/C10H11NO4/c12-6-4-11(5-6)10(15)7-2-1-3-8(13)9(7)14/h1-3,6,12-14H,4-5H2. The summed E-state index contributed by atoms with van der Waals surface area (Å²) in [5.74, 6) is -1.11. The van der Waals surface area contributed by atoms with Crippen LogP contribution in [-0.4, -0.2) is 45.3 Å². The predicted octanol–water partition coefficient (Wildman–Crippen LogP) is -0.0855. The molecule has 1 aliphatic rings. The Morgan fingerprint density at radius 1 is 1.33 bits per heavy atom. The Labute approximate surface area is 86.2 Å². The Kier molecular flexibility index (Phi) is 2.24. The third kappa shape index (κ3) is 1.61. The Morgan fingerprint density at radius 2 is 2.00 bits per heavy atom. The van der Waals surface area contributed by atoms with Crippen molar-refractivity contribution in [1.29, 1.82) is 0 Å². The van der Waals surface area contributed by atoms with Gasteiger partial charge in [0.25, 0.3) is 5.91 Å². The van der Waals surface area contributed by atoms with Crippen LogP contribution in [0.5, 0.6) is 11.5 Å². The first kappa shape index (κ1) is 9.79. The van der Waals surface area contributed by atoms with Gasteiger partial charge in [-0.3, -0.25) is 4.79 Å². The molecule has 0 atom stereocenters. The average Bonchev–Trinajstić information content (AvgIpc) is 2.16. The number of β-amino-alcohol motifs (C(OH)–C–C–N with tert-alkyl or cyclic N) is 1. The molecule has 0 spiro atoms. The zero-order valence-corrected chi connectivity index (χ0v) is 7.92. The number of hydrogen-bond acceptors (Lipinski definition) is 4. The van der Waals surface area contributed by atoms with Crippen molar-refractivity contribution < 1.29 is 20.1 Å². The Bertz CT molecular complexity index is 398. The van der Waals surface area contributed by atoms with Gasteiger partial charge in [0.2, 0.25) is 0 Å². The Morgan fingerprint density at radius 3 is 2.60 bits per heavy atom.